The van der Waals surface area contributed by atoms with Crippen LogP contribution in [0.5, 0.6) is 0 Å². The number of carbonyl (C=O) groups excluding carboxylic acids is 1. The first-order chi connectivity index (χ1) is 5.04. The molecule has 5 heteroatoms. The van der Waals surface area contributed by atoms with Gasteiger partial charge in [0.15, 0.2) is 0 Å². The summed E-state index contributed by atoms with van der Waals surface area (Å²) >= 11 is 0. The Kier molecular flexibility index (Phi) is 3.70. The molecule has 0 spiro atoms. The zero-order valence-electron chi connectivity index (χ0n) is 5.70. The lowest BCUT2D eigenvalue weighted by Crippen LogP contribution is -2.29. The van der Waals surface area contributed by atoms with Gasteiger partial charge in [-0.1, -0.05) is 5.92 Å². The number of carboxylic acid groups (broad SMARTS) is 1. The molecular weight excluding hydrogens is 148 g/mol. The van der Waals surface area contributed by atoms with Gasteiger partial charge in [0.1, 0.15) is 6.04 Å². The SMILES string of the molecule is NC(=O)C#CCC(N)C(=O)O. The van der Waals surface area contributed by atoms with Crippen LogP contribution in [-0.4, -0.2) is 23.0 Å². The number of nitrogens with two attached hydrogens (primary N) is 2. The van der Waals surface area contributed by atoms with E-state index >= 15 is 0 Å². The van der Waals surface area contributed by atoms with Gasteiger partial charge in [0.25, 0.3) is 5.91 Å². The zero-order chi connectivity index (χ0) is 8.85. The summed E-state index contributed by atoms with van der Waals surface area (Å²) in [4.78, 5) is 20.1. The molecule has 60 valence electrons. The normalized spacial score (nSPS) is 11.0. The van der Waals surface area contributed by atoms with Crippen LogP contribution in [0.25, 0.3) is 0 Å². The van der Waals surface area contributed by atoms with Gasteiger partial charge in [-0.2, -0.15) is 0 Å². The zero-order valence-corrected chi connectivity index (χ0v) is 5.70. The van der Waals surface area contributed by atoms with Crippen LogP contribution in [0.2, 0.25) is 0 Å². The third-order valence-corrected chi connectivity index (χ3v) is 0.851. The first-order valence-corrected chi connectivity index (χ1v) is 2.80. The number of aliphatic carboxylic acids is 1. The molecule has 0 heterocycles. The molecule has 0 aromatic heterocycles. The smallest absolute Gasteiger partial charge is 0.321 e. The van der Waals surface area contributed by atoms with Crippen molar-refractivity contribution in [3.8, 4) is 11.8 Å². The molecule has 0 aliphatic heterocycles. The van der Waals surface area contributed by atoms with Gasteiger partial charge in [0.05, 0.1) is 0 Å². The maximum absolute atomic E-state index is 10.1. The van der Waals surface area contributed by atoms with Crippen LogP contribution >= 0.6 is 0 Å². The average Bonchev–Trinajstić information content (AvgIpc) is 1.86. The third-order valence-electron chi connectivity index (χ3n) is 0.851. The molecular formula is C6H8N2O3. The van der Waals surface area contributed by atoms with Crippen molar-refractivity contribution in [1.29, 1.82) is 0 Å². The van der Waals surface area contributed by atoms with E-state index in [0.717, 1.165) is 0 Å². The Balaban J connectivity index is 3.82. The third kappa shape index (κ3) is 4.93. The quantitative estimate of drug-likeness (QED) is 0.413. The standard InChI is InChI=1S/C6H8N2O3/c7-4(6(10)11)2-1-3-5(8)9/h4H,2,7H2,(H2,8,9)(H,10,11). The minimum Gasteiger partial charge on any atom is -0.480 e. The Labute approximate surface area is 63.4 Å². The van der Waals surface area contributed by atoms with Crippen molar-refractivity contribution in [1.82, 2.24) is 0 Å². The summed E-state index contributed by atoms with van der Waals surface area (Å²) in [6.07, 6.45) is -0.0712. The Morgan fingerprint density at radius 1 is 1.55 bits per heavy atom. The van der Waals surface area contributed by atoms with E-state index in [9.17, 15) is 9.59 Å². The molecule has 0 bridgehead atoms. The van der Waals surface area contributed by atoms with Gasteiger partial charge in [-0.15, -0.1) is 0 Å². The molecule has 1 amide bonds. The number of carboxylic acids is 1. The molecule has 5 nitrogen and oxygen atoms in total. The average molecular weight is 156 g/mol. The number of hydrogen-bond donors (Lipinski definition) is 3. The van der Waals surface area contributed by atoms with E-state index in [1.807, 2.05) is 5.92 Å². The highest BCUT2D eigenvalue weighted by Gasteiger charge is 2.08. The second-order valence-electron chi connectivity index (χ2n) is 1.81. The van der Waals surface area contributed by atoms with Crippen LogP contribution in [0.4, 0.5) is 0 Å². The van der Waals surface area contributed by atoms with E-state index < -0.39 is 17.9 Å². The van der Waals surface area contributed by atoms with Crippen molar-refractivity contribution >= 4 is 11.9 Å². The summed E-state index contributed by atoms with van der Waals surface area (Å²) in [6, 6.07) is -1.05. The molecule has 1 atom stereocenters. The topological polar surface area (TPSA) is 106 Å². The van der Waals surface area contributed by atoms with Crippen molar-refractivity contribution < 1.29 is 14.7 Å². The largest absolute Gasteiger partial charge is 0.480 e. The molecule has 0 aromatic carbocycles. The first kappa shape index (κ1) is 9.46. The maximum Gasteiger partial charge on any atom is 0.321 e. The van der Waals surface area contributed by atoms with Crippen LogP contribution < -0.4 is 11.5 Å². The minimum absolute atomic E-state index is 0.0712. The molecule has 0 fully saturated rings. The van der Waals surface area contributed by atoms with Crippen molar-refractivity contribution in [2.24, 2.45) is 11.5 Å². The molecule has 0 rings (SSSR count). The van der Waals surface area contributed by atoms with E-state index in [4.69, 9.17) is 10.8 Å². The summed E-state index contributed by atoms with van der Waals surface area (Å²) in [5, 5.41) is 8.24. The van der Waals surface area contributed by atoms with E-state index in [0.29, 0.717) is 0 Å². The van der Waals surface area contributed by atoms with Gasteiger partial charge in [-0.05, 0) is 5.92 Å². The van der Waals surface area contributed by atoms with Gasteiger partial charge in [0, 0.05) is 6.42 Å². The second kappa shape index (κ2) is 4.30. The van der Waals surface area contributed by atoms with E-state index in [-0.39, 0.29) is 6.42 Å². The highest BCUT2D eigenvalue weighted by Crippen LogP contribution is 1.84. The predicted octanol–water partition coefficient (Wildman–Crippen LogP) is -1.72. The fourth-order valence-corrected chi connectivity index (χ4v) is 0.335. The summed E-state index contributed by atoms with van der Waals surface area (Å²) in [6.45, 7) is 0. The highest BCUT2D eigenvalue weighted by molar-refractivity contribution is 5.92. The number of amides is 1. The van der Waals surface area contributed by atoms with Crippen LogP contribution in [0.3, 0.4) is 0 Å². The summed E-state index contributed by atoms with van der Waals surface area (Å²) in [5.74, 6) is 2.27. The van der Waals surface area contributed by atoms with Crippen LogP contribution in [0.1, 0.15) is 6.42 Å². The molecule has 0 aliphatic rings. The number of hydrogen-bond acceptors (Lipinski definition) is 3. The number of primary amides is 1. The molecule has 0 saturated heterocycles. The Hall–Kier alpha value is -1.54. The Morgan fingerprint density at radius 2 is 2.09 bits per heavy atom. The predicted molar refractivity (Wildman–Crippen MR) is 37.2 cm³/mol. The van der Waals surface area contributed by atoms with Crippen molar-refractivity contribution in [2.75, 3.05) is 0 Å². The van der Waals surface area contributed by atoms with Crippen molar-refractivity contribution in [3.05, 3.63) is 0 Å². The highest BCUT2D eigenvalue weighted by atomic mass is 16.4. The van der Waals surface area contributed by atoms with Gasteiger partial charge < -0.3 is 16.6 Å². The maximum atomic E-state index is 10.1. The fourth-order valence-electron chi connectivity index (χ4n) is 0.335. The van der Waals surface area contributed by atoms with Crippen molar-refractivity contribution in [2.45, 2.75) is 12.5 Å². The molecule has 1 unspecified atom stereocenters. The Morgan fingerprint density at radius 3 is 2.45 bits per heavy atom. The Bertz CT molecular complexity index is 226. The summed E-state index contributed by atoms with van der Waals surface area (Å²) in [7, 11) is 0. The second-order valence-corrected chi connectivity index (χ2v) is 1.81. The van der Waals surface area contributed by atoms with E-state index in [2.05, 4.69) is 11.7 Å². The van der Waals surface area contributed by atoms with Gasteiger partial charge in [-0.25, -0.2) is 0 Å². The minimum atomic E-state index is -1.15. The summed E-state index contributed by atoms with van der Waals surface area (Å²) < 4.78 is 0. The van der Waals surface area contributed by atoms with E-state index in [1.165, 1.54) is 0 Å². The van der Waals surface area contributed by atoms with Gasteiger partial charge in [0.2, 0.25) is 0 Å². The molecule has 0 aromatic rings. The summed E-state index contributed by atoms with van der Waals surface area (Å²) in [5.41, 5.74) is 9.70. The number of carbonyl (C=O) groups is 2. The first-order valence-electron chi connectivity index (χ1n) is 2.80. The van der Waals surface area contributed by atoms with Crippen LogP contribution in [0.15, 0.2) is 0 Å². The fraction of sp³-hybridized carbons (Fsp3) is 0.333. The molecule has 0 aliphatic carbocycles. The lowest BCUT2D eigenvalue weighted by molar-refractivity contribution is -0.138. The molecule has 0 saturated carbocycles. The lowest BCUT2D eigenvalue weighted by Gasteiger charge is -1.97. The molecule has 5 N–H and O–H groups in total. The number of rotatable bonds is 2. The van der Waals surface area contributed by atoms with E-state index in [1.54, 1.807) is 0 Å². The van der Waals surface area contributed by atoms with Crippen molar-refractivity contribution in [3.63, 3.8) is 0 Å². The van der Waals surface area contributed by atoms with Gasteiger partial charge >= 0.3 is 5.97 Å². The molecule has 0 radical (unpaired) electrons. The lowest BCUT2D eigenvalue weighted by atomic mass is 10.2. The van der Waals surface area contributed by atoms with Crippen LogP contribution in [-0.2, 0) is 9.59 Å². The van der Waals surface area contributed by atoms with Gasteiger partial charge in [-0.3, -0.25) is 9.59 Å². The van der Waals surface area contributed by atoms with Crippen LogP contribution in [0, 0.1) is 11.8 Å². The molecule has 11 heavy (non-hydrogen) atoms. The monoisotopic (exact) mass is 156 g/mol.